The Morgan fingerprint density at radius 3 is 1.62 bits per heavy atom. The number of nitroso groups, excluding NO2 is 1. The number of hydrogen-bond donors (Lipinski definition) is 2. The molecule has 1 aromatic carbocycles. The van der Waals surface area contributed by atoms with Gasteiger partial charge in [0.15, 0.2) is 17.2 Å². The van der Waals surface area contributed by atoms with E-state index in [-0.39, 0.29) is 17.2 Å². The largest absolute Gasteiger partial charge is 0.505 e. The third-order valence-corrected chi connectivity index (χ3v) is 2.38. The zero-order valence-corrected chi connectivity index (χ0v) is 7.75. The minimum Gasteiger partial charge on any atom is -0.505 e. The Hall–Kier alpha value is -1.58. The van der Waals surface area contributed by atoms with Gasteiger partial charge in [-0.2, -0.15) is 0 Å². The molecule has 0 aliphatic heterocycles. The van der Waals surface area contributed by atoms with Gasteiger partial charge in [-0.25, -0.2) is 0 Å². The van der Waals surface area contributed by atoms with Crippen molar-refractivity contribution >= 4 is 5.69 Å². The Bertz CT molecular complexity index is 343. The van der Waals surface area contributed by atoms with Crippen molar-refractivity contribution in [1.82, 2.24) is 0 Å². The fourth-order valence-corrected chi connectivity index (χ4v) is 1.19. The molecule has 0 saturated carbocycles. The molecule has 0 spiro atoms. The van der Waals surface area contributed by atoms with E-state index in [9.17, 15) is 15.1 Å². The van der Waals surface area contributed by atoms with Gasteiger partial charge in [-0.15, -0.1) is 4.91 Å². The Balaban J connectivity index is 3.66. The molecule has 0 atom stereocenters. The predicted octanol–water partition coefficient (Wildman–Crippen LogP) is 2.42. The predicted molar refractivity (Wildman–Crippen MR) is 49.4 cm³/mol. The Kier molecular flexibility index (Phi) is 2.23. The minimum atomic E-state index is -0.277. The molecule has 0 amide bonds. The highest BCUT2D eigenvalue weighted by molar-refractivity contribution is 5.69. The summed E-state index contributed by atoms with van der Waals surface area (Å²) in [4.78, 5) is 10.3. The first-order valence-corrected chi connectivity index (χ1v) is 3.85. The van der Waals surface area contributed by atoms with Crippen molar-refractivity contribution in [2.45, 2.75) is 20.8 Å². The monoisotopic (exact) mass is 181 g/mol. The molecule has 0 heterocycles. The molecule has 0 fully saturated rings. The first-order chi connectivity index (χ1) is 6.00. The van der Waals surface area contributed by atoms with Crippen molar-refractivity contribution in [3.05, 3.63) is 21.6 Å². The van der Waals surface area contributed by atoms with Crippen LogP contribution in [0.25, 0.3) is 0 Å². The molecule has 0 aromatic heterocycles. The fraction of sp³-hybridized carbons (Fsp3) is 0.333. The smallest absolute Gasteiger partial charge is 0.191 e. The Labute approximate surface area is 75.8 Å². The number of rotatable bonds is 1. The van der Waals surface area contributed by atoms with E-state index < -0.39 is 0 Å². The van der Waals surface area contributed by atoms with Crippen LogP contribution in [-0.2, 0) is 0 Å². The normalized spacial score (nSPS) is 10.1. The second kappa shape index (κ2) is 3.05. The van der Waals surface area contributed by atoms with Gasteiger partial charge in [0.2, 0.25) is 0 Å². The minimum absolute atomic E-state index is 0.240. The summed E-state index contributed by atoms with van der Waals surface area (Å²) < 4.78 is 0. The SMILES string of the molecule is Cc1c(C)c(O)c(N=O)c(O)c1C. The maximum absolute atomic E-state index is 10.3. The molecule has 0 aliphatic rings. The van der Waals surface area contributed by atoms with Crippen LogP contribution in [0.5, 0.6) is 11.5 Å². The van der Waals surface area contributed by atoms with Gasteiger partial charge in [-0.3, -0.25) is 0 Å². The van der Waals surface area contributed by atoms with Crippen LogP contribution in [0.2, 0.25) is 0 Å². The van der Waals surface area contributed by atoms with E-state index >= 15 is 0 Å². The summed E-state index contributed by atoms with van der Waals surface area (Å²) in [5.41, 5.74) is 1.64. The summed E-state index contributed by atoms with van der Waals surface area (Å²) in [5, 5.41) is 21.4. The molecule has 4 nitrogen and oxygen atoms in total. The Morgan fingerprint density at radius 1 is 0.923 bits per heavy atom. The number of phenols is 2. The summed E-state index contributed by atoms with van der Waals surface area (Å²) >= 11 is 0. The summed E-state index contributed by atoms with van der Waals surface area (Å²) in [6, 6.07) is 0. The second-order valence-electron chi connectivity index (χ2n) is 3.01. The van der Waals surface area contributed by atoms with Gasteiger partial charge in [-0.05, 0) is 42.6 Å². The standard InChI is InChI=1S/C9H11NO3/c1-4-5(2)8(11)7(10-13)9(12)6(4)3/h11-12H,1-3H3. The highest BCUT2D eigenvalue weighted by atomic mass is 16.3. The van der Waals surface area contributed by atoms with E-state index in [2.05, 4.69) is 5.18 Å². The lowest BCUT2D eigenvalue weighted by Gasteiger charge is -2.10. The molecule has 0 bridgehead atoms. The van der Waals surface area contributed by atoms with Crippen LogP contribution in [0.4, 0.5) is 5.69 Å². The van der Waals surface area contributed by atoms with Crippen molar-refractivity contribution < 1.29 is 10.2 Å². The maximum Gasteiger partial charge on any atom is 0.191 e. The third kappa shape index (κ3) is 1.24. The number of aromatic hydroxyl groups is 2. The number of benzene rings is 1. The summed E-state index contributed by atoms with van der Waals surface area (Å²) in [7, 11) is 0. The van der Waals surface area contributed by atoms with E-state index in [0.717, 1.165) is 5.56 Å². The van der Waals surface area contributed by atoms with Gasteiger partial charge in [0.25, 0.3) is 0 Å². The maximum atomic E-state index is 10.3. The van der Waals surface area contributed by atoms with Crippen LogP contribution in [0.3, 0.4) is 0 Å². The second-order valence-corrected chi connectivity index (χ2v) is 3.01. The molecule has 70 valence electrons. The molecule has 2 N–H and O–H groups in total. The van der Waals surface area contributed by atoms with Gasteiger partial charge in [0, 0.05) is 0 Å². The first kappa shape index (κ1) is 9.51. The van der Waals surface area contributed by atoms with Crippen LogP contribution in [0.15, 0.2) is 5.18 Å². The van der Waals surface area contributed by atoms with E-state index in [4.69, 9.17) is 0 Å². The van der Waals surface area contributed by atoms with Gasteiger partial charge in [0.1, 0.15) is 0 Å². The van der Waals surface area contributed by atoms with Crippen molar-refractivity contribution in [3.8, 4) is 11.5 Å². The van der Waals surface area contributed by atoms with Gasteiger partial charge in [-0.1, -0.05) is 0 Å². The van der Waals surface area contributed by atoms with Gasteiger partial charge in [0.05, 0.1) is 0 Å². The van der Waals surface area contributed by atoms with E-state index in [1.165, 1.54) is 0 Å². The lowest BCUT2D eigenvalue weighted by atomic mass is 10.0. The number of hydrogen-bond acceptors (Lipinski definition) is 4. The van der Waals surface area contributed by atoms with Crippen LogP contribution in [0, 0.1) is 25.7 Å². The van der Waals surface area contributed by atoms with Crippen molar-refractivity contribution in [3.63, 3.8) is 0 Å². The molecule has 0 unspecified atom stereocenters. The van der Waals surface area contributed by atoms with Crippen LogP contribution in [-0.4, -0.2) is 10.2 Å². The highest BCUT2D eigenvalue weighted by Crippen LogP contribution is 2.42. The molecular weight excluding hydrogens is 170 g/mol. The first-order valence-electron chi connectivity index (χ1n) is 3.85. The van der Waals surface area contributed by atoms with Gasteiger partial charge >= 0.3 is 0 Å². The van der Waals surface area contributed by atoms with Crippen molar-refractivity contribution in [1.29, 1.82) is 0 Å². The lowest BCUT2D eigenvalue weighted by molar-refractivity contribution is 0.447. The molecule has 0 radical (unpaired) electrons. The summed E-state index contributed by atoms with van der Waals surface area (Å²) in [6.07, 6.45) is 0. The fourth-order valence-electron chi connectivity index (χ4n) is 1.19. The molecule has 0 saturated heterocycles. The number of phenolic OH excluding ortho intramolecular Hbond substituents is 2. The highest BCUT2D eigenvalue weighted by Gasteiger charge is 2.16. The quantitative estimate of drug-likeness (QED) is 0.653. The molecule has 0 aliphatic carbocycles. The topological polar surface area (TPSA) is 69.9 Å². The van der Waals surface area contributed by atoms with Gasteiger partial charge < -0.3 is 10.2 Å². The van der Waals surface area contributed by atoms with E-state index in [0.29, 0.717) is 11.1 Å². The lowest BCUT2D eigenvalue weighted by Crippen LogP contribution is -1.88. The molecule has 13 heavy (non-hydrogen) atoms. The van der Waals surface area contributed by atoms with E-state index in [1.807, 2.05) is 0 Å². The summed E-state index contributed by atoms with van der Waals surface area (Å²) in [5.74, 6) is -0.480. The average molecular weight is 181 g/mol. The zero-order chi connectivity index (χ0) is 10.2. The van der Waals surface area contributed by atoms with Crippen LogP contribution < -0.4 is 0 Å². The van der Waals surface area contributed by atoms with Crippen LogP contribution >= 0.6 is 0 Å². The molecular formula is C9H11NO3. The summed E-state index contributed by atoms with van der Waals surface area (Å²) in [6.45, 7) is 5.11. The molecule has 1 aromatic rings. The van der Waals surface area contributed by atoms with Crippen LogP contribution in [0.1, 0.15) is 16.7 Å². The van der Waals surface area contributed by atoms with Crippen molar-refractivity contribution in [2.75, 3.05) is 0 Å². The van der Waals surface area contributed by atoms with E-state index in [1.54, 1.807) is 20.8 Å². The third-order valence-electron chi connectivity index (χ3n) is 2.38. The van der Waals surface area contributed by atoms with Crippen molar-refractivity contribution in [2.24, 2.45) is 5.18 Å². The molecule has 4 heteroatoms. The average Bonchev–Trinajstić information content (AvgIpc) is 2.13. The Morgan fingerprint density at radius 2 is 1.31 bits per heavy atom. The molecule has 1 rings (SSSR count). The zero-order valence-electron chi connectivity index (χ0n) is 7.75. The number of nitrogens with zero attached hydrogens (tertiary/aromatic N) is 1.